The van der Waals surface area contributed by atoms with Crippen molar-refractivity contribution in [1.82, 2.24) is 15.6 Å². The fraction of sp³-hybridized carbons (Fsp3) is 0.333. The number of imide groups is 1. The van der Waals surface area contributed by atoms with Gasteiger partial charge in [0.1, 0.15) is 13.2 Å². The largest absolute Gasteiger partial charge is 0.481 e. The van der Waals surface area contributed by atoms with Gasteiger partial charge in [-0.05, 0) is 5.56 Å². The van der Waals surface area contributed by atoms with Crippen LogP contribution in [0, 0.1) is 0 Å². The quantitative estimate of drug-likeness (QED) is 0.620. The molecule has 0 atom stereocenters. The number of hydrogen-bond acceptors (Lipinski definition) is 6. The number of nitrogens with zero attached hydrogens (tertiary/aromatic N) is 1. The van der Waals surface area contributed by atoms with Gasteiger partial charge in [0.15, 0.2) is 0 Å². The number of amides is 3. The number of pyridine rings is 1. The molecule has 0 aliphatic carbocycles. The molecule has 0 aliphatic heterocycles. The summed E-state index contributed by atoms with van der Waals surface area (Å²) in [5, 5.41) is 12.7. The highest BCUT2D eigenvalue weighted by Gasteiger charge is 2.08. The van der Waals surface area contributed by atoms with Crippen LogP contribution >= 0.6 is 0 Å². The van der Waals surface area contributed by atoms with Crippen LogP contribution < -0.4 is 15.4 Å². The van der Waals surface area contributed by atoms with E-state index in [1.165, 1.54) is 13.3 Å². The Morgan fingerprint density at radius 2 is 2.05 bits per heavy atom. The van der Waals surface area contributed by atoms with Crippen LogP contribution in [-0.4, -0.2) is 48.3 Å². The Morgan fingerprint density at radius 3 is 2.62 bits per heavy atom. The zero-order valence-electron chi connectivity index (χ0n) is 11.3. The molecule has 0 unspecified atom stereocenters. The van der Waals surface area contributed by atoms with Crippen molar-refractivity contribution in [3.05, 3.63) is 23.9 Å². The smallest absolute Gasteiger partial charge is 0.329 e. The third kappa shape index (κ3) is 6.87. The standard InChI is InChI=1S/C12H15N3O6/c1-20-10-3-2-8(4-13-10)5-14-12(19)15-9(16)6-21-7-11(17)18/h2-4H,5-7H2,1H3,(H,17,18)(H2,14,15,16,19). The third-order valence-electron chi connectivity index (χ3n) is 2.17. The van der Waals surface area contributed by atoms with E-state index in [2.05, 4.69) is 15.0 Å². The summed E-state index contributed by atoms with van der Waals surface area (Å²) in [5.74, 6) is -1.48. The summed E-state index contributed by atoms with van der Waals surface area (Å²) in [5.41, 5.74) is 0.723. The van der Waals surface area contributed by atoms with Crippen LogP contribution in [0.25, 0.3) is 0 Å². The van der Waals surface area contributed by atoms with Crippen molar-refractivity contribution in [2.45, 2.75) is 6.54 Å². The monoisotopic (exact) mass is 297 g/mol. The lowest BCUT2D eigenvalue weighted by molar-refractivity contribution is -0.143. The molecule has 9 nitrogen and oxygen atoms in total. The molecule has 0 saturated carbocycles. The van der Waals surface area contributed by atoms with Gasteiger partial charge >= 0.3 is 12.0 Å². The minimum absolute atomic E-state index is 0.173. The van der Waals surface area contributed by atoms with Gasteiger partial charge in [-0.3, -0.25) is 10.1 Å². The number of urea groups is 1. The van der Waals surface area contributed by atoms with Crippen LogP contribution in [0.15, 0.2) is 18.3 Å². The molecule has 114 valence electrons. The third-order valence-corrected chi connectivity index (χ3v) is 2.17. The predicted octanol–water partition coefficient (Wildman–Crippen LogP) is -0.483. The number of nitrogens with one attached hydrogen (secondary N) is 2. The molecule has 1 aromatic rings. The van der Waals surface area contributed by atoms with Crippen molar-refractivity contribution in [2.75, 3.05) is 20.3 Å². The zero-order valence-corrected chi connectivity index (χ0v) is 11.3. The number of carbonyl (C=O) groups is 3. The van der Waals surface area contributed by atoms with Crippen molar-refractivity contribution in [3.63, 3.8) is 0 Å². The minimum atomic E-state index is -1.20. The highest BCUT2D eigenvalue weighted by Crippen LogP contribution is 2.05. The molecule has 1 heterocycles. The van der Waals surface area contributed by atoms with Gasteiger partial charge in [-0.2, -0.15) is 0 Å². The average molecular weight is 297 g/mol. The summed E-state index contributed by atoms with van der Waals surface area (Å²) >= 11 is 0. The van der Waals surface area contributed by atoms with E-state index in [1.54, 1.807) is 12.1 Å². The summed E-state index contributed by atoms with van der Waals surface area (Å²) < 4.78 is 9.42. The van der Waals surface area contributed by atoms with E-state index in [-0.39, 0.29) is 6.54 Å². The minimum Gasteiger partial charge on any atom is -0.481 e. The van der Waals surface area contributed by atoms with E-state index in [9.17, 15) is 14.4 Å². The molecular weight excluding hydrogens is 282 g/mol. The molecule has 0 aromatic carbocycles. The maximum Gasteiger partial charge on any atom is 0.329 e. The maximum absolute atomic E-state index is 11.4. The number of aromatic nitrogens is 1. The number of rotatable bonds is 7. The predicted molar refractivity (Wildman–Crippen MR) is 69.6 cm³/mol. The van der Waals surface area contributed by atoms with Gasteiger partial charge in [-0.15, -0.1) is 0 Å². The average Bonchev–Trinajstić information content (AvgIpc) is 2.45. The fourth-order valence-corrected chi connectivity index (χ4v) is 1.26. The highest BCUT2D eigenvalue weighted by atomic mass is 16.5. The van der Waals surface area contributed by atoms with Crippen molar-refractivity contribution in [3.8, 4) is 5.88 Å². The summed E-state index contributed by atoms with van der Waals surface area (Å²) in [6, 6.07) is 2.64. The van der Waals surface area contributed by atoms with E-state index >= 15 is 0 Å². The van der Waals surface area contributed by atoms with Crippen LogP contribution in [0.1, 0.15) is 5.56 Å². The first-order valence-electron chi connectivity index (χ1n) is 5.87. The Bertz CT molecular complexity index is 502. The van der Waals surface area contributed by atoms with Gasteiger partial charge in [0, 0.05) is 18.8 Å². The molecule has 0 saturated heterocycles. The molecule has 0 fully saturated rings. The van der Waals surface area contributed by atoms with Gasteiger partial charge in [-0.25, -0.2) is 14.6 Å². The van der Waals surface area contributed by atoms with Gasteiger partial charge in [0.05, 0.1) is 7.11 Å². The van der Waals surface area contributed by atoms with Crippen molar-refractivity contribution in [2.24, 2.45) is 0 Å². The lowest BCUT2D eigenvalue weighted by Gasteiger charge is -2.07. The van der Waals surface area contributed by atoms with Crippen LogP contribution in [-0.2, 0) is 20.9 Å². The zero-order chi connectivity index (χ0) is 15.7. The lowest BCUT2D eigenvalue weighted by atomic mass is 10.3. The van der Waals surface area contributed by atoms with Gasteiger partial charge in [0.25, 0.3) is 5.91 Å². The molecule has 0 aliphatic rings. The van der Waals surface area contributed by atoms with Gasteiger partial charge in [-0.1, -0.05) is 6.07 Å². The molecule has 3 N–H and O–H groups in total. The highest BCUT2D eigenvalue weighted by molar-refractivity contribution is 5.94. The Labute approximate surface area is 120 Å². The first kappa shape index (κ1) is 16.4. The number of carbonyl (C=O) groups excluding carboxylic acids is 2. The van der Waals surface area contributed by atoms with E-state index in [4.69, 9.17) is 9.84 Å². The summed E-state index contributed by atoms with van der Waals surface area (Å²) in [4.78, 5) is 36.7. The van der Waals surface area contributed by atoms with Crippen LogP contribution in [0.4, 0.5) is 4.79 Å². The molecule has 1 aromatic heterocycles. The molecular formula is C12H15N3O6. The normalized spacial score (nSPS) is 9.76. The second-order valence-electron chi connectivity index (χ2n) is 3.83. The molecule has 1 rings (SSSR count). The number of hydrogen-bond donors (Lipinski definition) is 3. The van der Waals surface area contributed by atoms with Gasteiger partial charge in [0.2, 0.25) is 5.88 Å². The molecule has 21 heavy (non-hydrogen) atoms. The Balaban J connectivity index is 2.26. The van der Waals surface area contributed by atoms with Crippen molar-refractivity contribution >= 4 is 17.9 Å². The number of ether oxygens (including phenoxy) is 2. The summed E-state index contributed by atoms with van der Waals surface area (Å²) in [7, 11) is 1.49. The van der Waals surface area contributed by atoms with Crippen molar-refractivity contribution < 1.29 is 29.0 Å². The first-order chi connectivity index (χ1) is 10.0. The molecule has 0 spiro atoms. The molecule has 9 heteroatoms. The topological polar surface area (TPSA) is 127 Å². The second kappa shape index (κ2) is 8.48. The Hall–Kier alpha value is -2.68. The second-order valence-corrected chi connectivity index (χ2v) is 3.83. The van der Waals surface area contributed by atoms with Crippen LogP contribution in [0.5, 0.6) is 5.88 Å². The van der Waals surface area contributed by atoms with E-state index in [0.29, 0.717) is 5.88 Å². The lowest BCUT2D eigenvalue weighted by Crippen LogP contribution is -2.41. The van der Waals surface area contributed by atoms with E-state index in [0.717, 1.165) is 5.56 Å². The molecule has 3 amide bonds. The van der Waals surface area contributed by atoms with Gasteiger partial charge < -0.3 is 19.9 Å². The number of aliphatic carboxylic acids is 1. The Morgan fingerprint density at radius 1 is 1.29 bits per heavy atom. The number of carboxylic acid groups (broad SMARTS) is 1. The SMILES string of the molecule is COc1ccc(CNC(=O)NC(=O)COCC(=O)O)cn1. The fourth-order valence-electron chi connectivity index (χ4n) is 1.26. The number of carboxylic acids is 1. The van der Waals surface area contributed by atoms with Crippen LogP contribution in [0.3, 0.4) is 0 Å². The summed E-state index contributed by atoms with van der Waals surface area (Å²) in [6.07, 6.45) is 1.52. The van der Waals surface area contributed by atoms with E-state index in [1.807, 2.05) is 5.32 Å². The van der Waals surface area contributed by atoms with Crippen molar-refractivity contribution in [1.29, 1.82) is 0 Å². The first-order valence-corrected chi connectivity index (χ1v) is 5.87. The Kier molecular flexibility index (Phi) is 6.61. The molecule has 0 radical (unpaired) electrons. The number of methoxy groups -OCH3 is 1. The van der Waals surface area contributed by atoms with E-state index < -0.39 is 31.1 Å². The summed E-state index contributed by atoms with van der Waals surface area (Å²) in [6.45, 7) is -0.942. The maximum atomic E-state index is 11.4. The molecule has 0 bridgehead atoms. The van der Waals surface area contributed by atoms with Crippen LogP contribution in [0.2, 0.25) is 0 Å².